The third-order valence-corrected chi connectivity index (χ3v) is 15.6. The smallest absolute Gasteiger partial charge is 0.315 e. The van der Waals surface area contributed by atoms with E-state index in [1.807, 2.05) is 0 Å². The lowest BCUT2D eigenvalue weighted by atomic mass is 9.41. The van der Waals surface area contributed by atoms with Crippen LogP contribution in [0.4, 0.5) is 0 Å². The maximum absolute atomic E-state index is 14.2. The summed E-state index contributed by atoms with van der Waals surface area (Å²) >= 11 is 0. The summed E-state index contributed by atoms with van der Waals surface area (Å²) in [6.07, 6.45) is 16.0. The number of aldehydes is 1. The first-order chi connectivity index (χ1) is 22.6. The predicted octanol–water partition coefficient (Wildman–Crippen LogP) is 6.22. The van der Waals surface area contributed by atoms with Gasteiger partial charge in [0.1, 0.15) is 11.7 Å². The molecule has 0 aromatic heterocycles. The number of carbonyl (C=O) groups is 2. The predicted molar refractivity (Wildman–Crippen MR) is 186 cm³/mol. The van der Waals surface area contributed by atoms with E-state index in [4.69, 9.17) is 4.74 Å². The van der Waals surface area contributed by atoms with Gasteiger partial charge in [-0.05, 0) is 100 Å². The topological polar surface area (TPSA) is 73.3 Å². The van der Waals surface area contributed by atoms with Gasteiger partial charge in [-0.1, -0.05) is 77.9 Å². The Bertz CT molecular complexity index is 1190. The molecule has 6 unspecified atom stereocenters. The second-order valence-corrected chi connectivity index (χ2v) is 17.7. The van der Waals surface area contributed by atoms with E-state index in [-0.39, 0.29) is 30.0 Å². The van der Waals surface area contributed by atoms with Crippen molar-refractivity contribution in [1.82, 2.24) is 14.7 Å². The molecule has 2 aliphatic heterocycles. The number of hydrogen-bond donors (Lipinski definition) is 1. The number of nitrogens with zero attached hydrogens (tertiary/aromatic N) is 3. The Labute approximate surface area is 285 Å². The number of likely N-dealkylation sites (N-methyl/N-ethyl adjacent to an activating group) is 2. The molecular weight excluding hydrogens is 586 g/mol. The molecule has 7 heteroatoms. The second kappa shape index (κ2) is 13.1. The van der Waals surface area contributed by atoms with Crippen LogP contribution in [0.25, 0.3) is 0 Å². The Morgan fingerprint density at radius 1 is 1.09 bits per heavy atom. The summed E-state index contributed by atoms with van der Waals surface area (Å²) in [4.78, 5) is 35.5. The summed E-state index contributed by atoms with van der Waals surface area (Å²) in [6.45, 7) is 17.9. The molecule has 4 saturated carbocycles. The van der Waals surface area contributed by atoms with E-state index in [0.717, 1.165) is 70.5 Å². The van der Waals surface area contributed by atoms with Crippen molar-refractivity contribution in [3.63, 3.8) is 0 Å². The molecule has 0 aromatic rings. The average Bonchev–Trinajstić information content (AvgIpc) is 3.79. The molecule has 264 valence electrons. The van der Waals surface area contributed by atoms with Crippen LogP contribution >= 0.6 is 0 Å². The van der Waals surface area contributed by atoms with Gasteiger partial charge in [-0.3, -0.25) is 4.79 Å². The fraction of sp³-hybridized carbons (Fsp3) is 0.900. The summed E-state index contributed by atoms with van der Waals surface area (Å²) in [5.74, 6) is 1.74. The number of carbonyl (C=O) groups excluding carboxylic acids is 1. The Morgan fingerprint density at radius 2 is 1.83 bits per heavy atom. The first kappa shape index (κ1) is 34.2. The number of allylic oxidation sites excluding steroid dienone is 1. The van der Waals surface area contributed by atoms with Crippen LogP contribution in [0.15, 0.2) is 11.6 Å². The van der Waals surface area contributed by atoms with Gasteiger partial charge in [-0.15, -0.1) is 0 Å². The number of carboxylic acids is 1. The number of fused-ring (bicyclic) bond motifs is 2. The molecule has 7 nitrogen and oxygen atoms in total. The van der Waals surface area contributed by atoms with Crippen LogP contribution in [0.3, 0.4) is 0 Å². The third-order valence-electron chi connectivity index (χ3n) is 15.6. The lowest BCUT2D eigenvalue weighted by Crippen LogP contribution is -2.65. The quantitative estimate of drug-likeness (QED) is 0.198. The van der Waals surface area contributed by atoms with Gasteiger partial charge in [0.05, 0.1) is 17.6 Å². The van der Waals surface area contributed by atoms with E-state index in [9.17, 15) is 14.7 Å². The highest BCUT2D eigenvalue weighted by atomic mass is 16.5. The van der Waals surface area contributed by atoms with Gasteiger partial charge >= 0.3 is 5.97 Å². The summed E-state index contributed by atoms with van der Waals surface area (Å²) in [7, 11) is 2.22. The Morgan fingerprint density at radius 3 is 2.49 bits per heavy atom. The fourth-order valence-electron chi connectivity index (χ4n) is 13.4. The van der Waals surface area contributed by atoms with Crippen LogP contribution in [0.2, 0.25) is 0 Å². The molecular formula is C40H65N3O4. The molecule has 0 radical (unpaired) electrons. The third kappa shape index (κ3) is 5.08. The number of rotatable bonds is 12. The molecule has 1 N–H and O–H groups in total. The molecule has 2 saturated heterocycles. The molecule has 5 aliphatic carbocycles. The summed E-state index contributed by atoms with van der Waals surface area (Å²) in [5.41, 5.74) is -1.44. The van der Waals surface area contributed by atoms with Crippen molar-refractivity contribution in [3.8, 4) is 0 Å². The summed E-state index contributed by atoms with van der Waals surface area (Å²) in [5, 5.41) is 11.6. The van der Waals surface area contributed by atoms with Gasteiger partial charge in [-0.2, -0.15) is 0 Å². The molecule has 47 heavy (non-hydrogen) atoms. The van der Waals surface area contributed by atoms with Crippen LogP contribution < -0.4 is 0 Å². The molecule has 7 rings (SSSR count). The van der Waals surface area contributed by atoms with E-state index in [2.05, 4.69) is 55.5 Å². The minimum absolute atomic E-state index is 0.104. The fourth-order valence-corrected chi connectivity index (χ4v) is 13.4. The number of ether oxygens (including phenoxy) is 1. The van der Waals surface area contributed by atoms with Crippen LogP contribution in [0.5, 0.6) is 0 Å². The molecule has 4 bridgehead atoms. The highest BCUT2D eigenvalue weighted by Crippen LogP contribution is 2.84. The van der Waals surface area contributed by atoms with Crippen molar-refractivity contribution in [3.05, 3.63) is 11.6 Å². The number of hydrogen-bond acceptors (Lipinski definition) is 6. The molecule has 2 heterocycles. The van der Waals surface area contributed by atoms with E-state index in [1.54, 1.807) is 0 Å². The first-order valence-corrected chi connectivity index (χ1v) is 19.8. The van der Waals surface area contributed by atoms with Crippen molar-refractivity contribution in [2.24, 2.45) is 57.7 Å². The van der Waals surface area contributed by atoms with Crippen LogP contribution in [0, 0.1) is 57.7 Å². The molecule has 0 spiro atoms. The lowest BCUT2D eigenvalue weighted by Gasteiger charge is -2.60. The molecule has 10 atom stereocenters. The minimum Gasteiger partial charge on any atom is -0.481 e. The second-order valence-electron chi connectivity index (χ2n) is 17.7. The normalized spacial score (nSPS) is 44.0. The molecule has 0 aromatic carbocycles. The highest BCUT2D eigenvalue weighted by molar-refractivity contribution is 5.90. The van der Waals surface area contributed by atoms with E-state index in [0.29, 0.717) is 30.1 Å². The van der Waals surface area contributed by atoms with Gasteiger partial charge < -0.3 is 29.3 Å². The average molecular weight is 652 g/mol. The SMILES string of the molecule is CCN(CCCN1CCN(C)CC1)CC1OC(C23C[C@@H]4[C@H](C)CC[C@H]4C4(C=O)CC2C=C(C(C)C)[C@@]34C(=O)O)CC1C1CCCCC1. The Kier molecular flexibility index (Phi) is 9.54. The van der Waals surface area contributed by atoms with Crippen LogP contribution in [-0.4, -0.2) is 104 Å². The first-order valence-electron chi connectivity index (χ1n) is 19.8. The molecule has 6 fully saturated rings. The van der Waals surface area contributed by atoms with Gasteiger partial charge in [0.25, 0.3) is 0 Å². The number of piperazine rings is 1. The maximum Gasteiger partial charge on any atom is 0.315 e. The summed E-state index contributed by atoms with van der Waals surface area (Å²) < 4.78 is 7.52. The van der Waals surface area contributed by atoms with Crippen molar-refractivity contribution in [1.29, 1.82) is 0 Å². The standard InChI is InChI=1S/C40H65N3O4/c1-6-42(15-10-16-43-19-17-41(5)18-20-43)25-35-31(29-11-8-7-9-12-29)22-36(47-35)39-24-32-28(4)13-14-33(32)38(26-44)23-30(39)21-34(27(2)3)40(38,39)37(45)46/h21,26-33,35-36H,6-20,22-25H2,1-5H3,(H,45,46)/t28-,30?,31?,32-,33-,35?,36?,38?,39?,40+/m1/s1. The molecule has 0 amide bonds. The lowest BCUT2D eigenvalue weighted by molar-refractivity contribution is -0.197. The zero-order chi connectivity index (χ0) is 33.1. The van der Waals surface area contributed by atoms with Crippen molar-refractivity contribution in [2.45, 2.75) is 111 Å². The maximum atomic E-state index is 14.2. The van der Waals surface area contributed by atoms with Gasteiger partial charge in [0, 0.05) is 38.1 Å². The van der Waals surface area contributed by atoms with E-state index in [1.165, 1.54) is 57.9 Å². The van der Waals surface area contributed by atoms with Crippen molar-refractivity contribution >= 4 is 12.3 Å². The van der Waals surface area contributed by atoms with Crippen LogP contribution in [0.1, 0.15) is 98.3 Å². The highest BCUT2D eigenvalue weighted by Gasteiger charge is 2.86. The zero-order valence-electron chi connectivity index (χ0n) is 30.3. The van der Waals surface area contributed by atoms with E-state index < -0.39 is 22.2 Å². The van der Waals surface area contributed by atoms with Gasteiger partial charge in [-0.25, -0.2) is 0 Å². The van der Waals surface area contributed by atoms with Gasteiger partial charge in [0.15, 0.2) is 0 Å². The minimum atomic E-state index is -1.14. The summed E-state index contributed by atoms with van der Waals surface area (Å²) in [6, 6.07) is 0. The zero-order valence-corrected chi connectivity index (χ0v) is 30.3. The largest absolute Gasteiger partial charge is 0.481 e. The Hall–Kier alpha value is -1.28. The number of aliphatic carboxylic acids is 1. The van der Waals surface area contributed by atoms with Crippen molar-refractivity contribution < 1.29 is 19.4 Å². The number of carboxylic acid groups (broad SMARTS) is 1. The van der Waals surface area contributed by atoms with Crippen LogP contribution in [-0.2, 0) is 14.3 Å². The molecule has 7 aliphatic rings. The van der Waals surface area contributed by atoms with E-state index >= 15 is 0 Å². The van der Waals surface area contributed by atoms with Gasteiger partial charge in [0.2, 0.25) is 0 Å². The monoisotopic (exact) mass is 651 g/mol. The van der Waals surface area contributed by atoms with Crippen molar-refractivity contribution in [2.75, 3.05) is 59.4 Å². The Balaban J connectivity index is 1.20.